The van der Waals surface area contributed by atoms with Gasteiger partial charge in [0.25, 0.3) is 0 Å². The highest BCUT2D eigenvalue weighted by Gasteiger charge is 2.07. The van der Waals surface area contributed by atoms with Gasteiger partial charge in [0.1, 0.15) is 5.82 Å². The number of rotatable bonds is 4. The lowest BCUT2D eigenvalue weighted by Gasteiger charge is -2.15. The largest absolute Gasteiger partial charge is 0.375 e. The SMILES string of the molecule is CCN(C)C(=O)CNc1ccc(F)cc1I. The van der Waals surface area contributed by atoms with E-state index in [0.29, 0.717) is 6.54 Å². The maximum atomic E-state index is 12.8. The average molecular weight is 336 g/mol. The third kappa shape index (κ3) is 3.62. The molecule has 5 heteroatoms. The Morgan fingerprint density at radius 1 is 1.56 bits per heavy atom. The lowest BCUT2D eigenvalue weighted by Crippen LogP contribution is -2.32. The molecule has 1 aromatic carbocycles. The van der Waals surface area contributed by atoms with Gasteiger partial charge in [-0.3, -0.25) is 4.79 Å². The lowest BCUT2D eigenvalue weighted by atomic mass is 10.3. The van der Waals surface area contributed by atoms with Crippen LogP contribution in [0.5, 0.6) is 0 Å². The van der Waals surface area contributed by atoms with Crippen LogP contribution in [0, 0.1) is 9.39 Å². The number of hydrogen-bond acceptors (Lipinski definition) is 2. The summed E-state index contributed by atoms with van der Waals surface area (Å²) >= 11 is 2.03. The molecule has 0 saturated carbocycles. The number of hydrogen-bond donors (Lipinski definition) is 1. The fourth-order valence-electron chi connectivity index (χ4n) is 1.11. The van der Waals surface area contributed by atoms with Crippen molar-refractivity contribution in [1.82, 2.24) is 4.90 Å². The van der Waals surface area contributed by atoms with Gasteiger partial charge in [-0.2, -0.15) is 0 Å². The quantitative estimate of drug-likeness (QED) is 0.856. The van der Waals surface area contributed by atoms with Crippen molar-refractivity contribution in [1.29, 1.82) is 0 Å². The van der Waals surface area contributed by atoms with Gasteiger partial charge in [-0.05, 0) is 47.7 Å². The van der Waals surface area contributed by atoms with Crippen molar-refractivity contribution in [2.45, 2.75) is 6.92 Å². The summed E-state index contributed by atoms with van der Waals surface area (Å²) in [5.74, 6) is -0.255. The van der Waals surface area contributed by atoms with Crippen molar-refractivity contribution in [3.05, 3.63) is 27.6 Å². The number of nitrogens with one attached hydrogen (secondary N) is 1. The Kier molecular flexibility index (Phi) is 4.98. The third-order valence-corrected chi connectivity index (χ3v) is 3.15. The molecule has 0 aliphatic carbocycles. The van der Waals surface area contributed by atoms with E-state index in [1.807, 2.05) is 29.5 Å². The summed E-state index contributed by atoms with van der Waals surface area (Å²) in [6.45, 7) is 2.83. The molecule has 0 bridgehead atoms. The van der Waals surface area contributed by atoms with Crippen molar-refractivity contribution < 1.29 is 9.18 Å². The van der Waals surface area contributed by atoms with Crippen LogP contribution in [-0.2, 0) is 4.79 Å². The van der Waals surface area contributed by atoms with Crippen molar-refractivity contribution in [3.8, 4) is 0 Å². The molecule has 0 aromatic heterocycles. The zero-order valence-corrected chi connectivity index (χ0v) is 11.4. The molecular formula is C11H14FIN2O. The molecule has 3 nitrogen and oxygen atoms in total. The minimum atomic E-state index is -0.271. The lowest BCUT2D eigenvalue weighted by molar-refractivity contribution is -0.127. The van der Waals surface area contributed by atoms with Gasteiger partial charge < -0.3 is 10.2 Å². The maximum Gasteiger partial charge on any atom is 0.241 e. The van der Waals surface area contributed by atoms with Crippen LogP contribution in [0.1, 0.15) is 6.92 Å². The number of carbonyl (C=O) groups is 1. The number of amides is 1. The predicted octanol–water partition coefficient (Wildman–Crippen LogP) is 2.32. The Morgan fingerprint density at radius 3 is 2.81 bits per heavy atom. The van der Waals surface area contributed by atoms with E-state index in [1.54, 1.807) is 18.0 Å². The van der Waals surface area contributed by atoms with Crippen molar-refractivity contribution in [2.24, 2.45) is 0 Å². The first-order valence-electron chi connectivity index (χ1n) is 4.97. The molecule has 16 heavy (non-hydrogen) atoms. The maximum absolute atomic E-state index is 12.8. The molecule has 1 N–H and O–H groups in total. The molecular weight excluding hydrogens is 322 g/mol. The summed E-state index contributed by atoms with van der Waals surface area (Å²) in [7, 11) is 1.75. The molecule has 0 saturated heterocycles. The van der Waals surface area contributed by atoms with Gasteiger partial charge in [-0.1, -0.05) is 0 Å². The predicted molar refractivity (Wildman–Crippen MR) is 70.9 cm³/mol. The topological polar surface area (TPSA) is 32.3 Å². The fourth-order valence-corrected chi connectivity index (χ4v) is 1.78. The van der Waals surface area contributed by atoms with Crippen molar-refractivity contribution in [3.63, 3.8) is 0 Å². The van der Waals surface area contributed by atoms with Crippen LogP contribution in [-0.4, -0.2) is 30.9 Å². The third-order valence-electron chi connectivity index (χ3n) is 2.26. The van der Waals surface area contributed by atoms with Gasteiger partial charge in [-0.25, -0.2) is 4.39 Å². The highest BCUT2D eigenvalue weighted by Crippen LogP contribution is 2.18. The van der Waals surface area contributed by atoms with E-state index in [9.17, 15) is 9.18 Å². The highest BCUT2D eigenvalue weighted by molar-refractivity contribution is 14.1. The number of carbonyl (C=O) groups excluding carboxylic acids is 1. The van der Waals surface area contributed by atoms with E-state index in [2.05, 4.69) is 5.32 Å². The summed E-state index contributed by atoms with van der Waals surface area (Å²) < 4.78 is 13.6. The summed E-state index contributed by atoms with van der Waals surface area (Å²) in [5.41, 5.74) is 0.778. The van der Waals surface area contributed by atoms with E-state index < -0.39 is 0 Å². The van der Waals surface area contributed by atoms with E-state index in [0.717, 1.165) is 9.26 Å². The molecule has 1 rings (SSSR count). The van der Waals surface area contributed by atoms with E-state index >= 15 is 0 Å². The number of anilines is 1. The van der Waals surface area contributed by atoms with Gasteiger partial charge in [0.15, 0.2) is 0 Å². The molecule has 0 unspecified atom stereocenters. The molecule has 0 atom stereocenters. The minimum absolute atomic E-state index is 0.0163. The molecule has 0 radical (unpaired) electrons. The molecule has 0 aliphatic rings. The summed E-state index contributed by atoms with van der Waals surface area (Å²) in [6.07, 6.45) is 0. The number of benzene rings is 1. The van der Waals surface area contributed by atoms with Gasteiger partial charge in [0.05, 0.1) is 6.54 Å². The van der Waals surface area contributed by atoms with Crippen LogP contribution in [0.3, 0.4) is 0 Å². The molecule has 0 aliphatic heterocycles. The molecule has 0 spiro atoms. The second-order valence-corrected chi connectivity index (χ2v) is 4.55. The van der Waals surface area contributed by atoms with Gasteiger partial charge in [0, 0.05) is 22.8 Å². The standard InChI is InChI=1S/C11H14FIN2O/c1-3-15(2)11(16)7-14-10-5-4-8(12)6-9(10)13/h4-6,14H,3,7H2,1-2H3. The van der Waals surface area contributed by atoms with E-state index in [-0.39, 0.29) is 18.3 Å². The van der Waals surface area contributed by atoms with E-state index in [1.165, 1.54) is 12.1 Å². The zero-order chi connectivity index (χ0) is 12.1. The summed E-state index contributed by atoms with van der Waals surface area (Å²) in [4.78, 5) is 13.1. The molecule has 1 amide bonds. The minimum Gasteiger partial charge on any atom is -0.375 e. The first-order chi connectivity index (χ1) is 7.54. The second kappa shape index (κ2) is 6.03. The van der Waals surface area contributed by atoms with Gasteiger partial charge in [-0.15, -0.1) is 0 Å². The van der Waals surface area contributed by atoms with Crippen molar-refractivity contribution >= 4 is 34.2 Å². The number of nitrogens with zero attached hydrogens (tertiary/aromatic N) is 1. The Morgan fingerprint density at radius 2 is 2.25 bits per heavy atom. The normalized spacial score (nSPS) is 10.0. The Hall–Kier alpha value is -0.850. The van der Waals surface area contributed by atoms with Gasteiger partial charge >= 0.3 is 0 Å². The Balaban J connectivity index is 2.58. The van der Waals surface area contributed by atoms with Gasteiger partial charge in [0.2, 0.25) is 5.91 Å². The first kappa shape index (κ1) is 13.2. The van der Waals surface area contributed by atoms with Crippen LogP contribution < -0.4 is 5.32 Å². The van der Waals surface area contributed by atoms with Crippen molar-refractivity contribution in [2.75, 3.05) is 25.5 Å². The fraction of sp³-hybridized carbons (Fsp3) is 0.364. The monoisotopic (exact) mass is 336 g/mol. The molecule has 0 fully saturated rings. The summed E-state index contributed by atoms with van der Waals surface area (Å²) in [6, 6.07) is 4.44. The smallest absolute Gasteiger partial charge is 0.241 e. The van der Waals surface area contributed by atoms with Crippen LogP contribution in [0.4, 0.5) is 10.1 Å². The number of likely N-dealkylation sites (N-methyl/N-ethyl adjacent to an activating group) is 1. The second-order valence-electron chi connectivity index (χ2n) is 3.39. The van der Waals surface area contributed by atoms with Crippen LogP contribution in [0.2, 0.25) is 0 Å². The summed E-state index contributed by atoms with van der Waals surface area (Å²) in [5, 5.41) is 2.99. The Labute approximate surface area is 108 Å². The zero-order valence-electron chi connectivity index (χ0n) is 9.26. The molecule has 0 heterocycles. The highest BCUT2D eigenvalue weighted by atomic mass is 127. The van der Waals surface area contributed by atoms with Crippen LogP contribution in [0.25, 0.3) is 0 Å². The number of halogens is 2. The molecule has 1 aromatic rings. The average Bonchev–Trinajstić information content (AvgIpc) is 2.26. The van der Waals surface area contributed by atoms with Crippen LogP contribution in [0.15, 0.2) is 18.2 Å². The van der Waals surface area contributed by atoms with Crippen LogP contribution >= 0.6 is 22.6 Å². The molecule has 88 valence electrons. The van der Waals surface area contributed by atoms with E-state index in [4.69, 9.17) is 0 Å². The first-order valence-corrected chi connectivity index (χ1v) is 6.05. The Bertz CT molecular complexity index is 384.